The number of piperidine rings is 1. The standard InChI is InChI=1S/C22H21N5O2/c1-26-19(28)11-18(14-7-9-23-10-8-14)24-22(26)25-20-16-12-27(13-17(16)20)21(29)15-5-3-2-4-6-15/h2-11,16-17,20H,12-13H2,1H3,(H,24,25)/t16-,17+,20+. The lowest BCUT2D eigenvalue weighted by Crippen LogP contribution is -2.34. The maximum Gasteiger partial charge on any atom is 0.255 e. The van der Waals surface area contributed by atoms with E-state index in [9.17, 15) is 9.59 Å². The number of likely N-dealkylation sites (tertiary alicyclic amines) is 1. The molecule has 2 aromatic heterocycles. The first-order valence-electron chi connectivity index (χ1n) is 9.71. The SMILES string of the molecule is Cn1c(N[C@H]2[C@@H]3CN(C(=O)c4ccccc4)C[C@@H]32)nc(-c2ccncc2)cc1=O. The van der Waals surface area contributed by atoms with Crippen LogP contribution in [0.25, 0.3) is 11.3 Å². The Morgan fingerprint density at radius 2 is 1.76 bits per heavy atom. The van der Waals surface area contributed by atoms with Crippen LogP contribution in [-0.4, -0.2) is 44.5 Å². The molecule has 3 aromatic rings. The molecule has 2 fully saturated rings. The molecule has 1 saturated carbocycles. The number of fused-ring (bicyclic) bond motifs is 1. The molecule has 1 aromatic carbocycles. The Balaban J connectivity index is 1.29. The van der Waals surface area contributed by atoms with Crippen LogP contribution in [0.4, 0.5) is 5.95 Å². The van der Waals surface area contributed by atoms with E-state index in [2.05, 4.69) is 15.3 Å². The van der Waals surface area contributed by atoms with Crippen molar-refractivity contribution in [1.82, 2.24) is 19.4 Å². The molecule has 0 spiro atoms. The molecule has 1 aliphatic carbocycles. The van der Waals surface area contributed by atoms with E-state index in [1.807, 2.05) is 47.4 Å². The molecule has 1 saturated heterocycles. The highest BCUT2D eigenvalue weighted by Gasteiger charge is 2.57. The van der Waals surface area contributed by atoms with Crippen molar-refractivity contribution < 1.29 is 4.79 Å². The lowest BCUT2D eigenvalue weighted by atomic mass is 10.2. The maximum absolute atomic E-state index is 12.6. The van der Waals surface area contributed by atoms with Crippen molar-refractivity contribution in [2.75, 3.05) is 18.4 Å². The van der Waals surface area contributed by atoms with Gasteiger partial charge in [0, 0.05) is 67.6 Å². The first-order chi connectivity index (χ1) is 14.1. The summed E-state index contributed by atoms with van der Waals surface area (Å²) in [5.74, 6) is 1.43. The van der Waals surface area contributed by atoms with E-state index in [-0.39, 0.29) is 17.5 Å². The Morgan fingerprint density at radius 3 is 2.45 bits per heavy atom. The zero-order valence-electron chi connectivity index (χ0n) is 16.0. The first kappa shape index (κ1) is 17.6. The largest absolute Gasteiger partial charge is 0.352 e. The van der Waals surface area contributed by atoms with Crippen molar-refractivity contribution >= 4 is 11.9 Å². The molecule has 1 amide bonds. The third kappa shape index (κ3) is 3.18. The molecule has 29 heavy (non-hydrogen) atoms. The van der Waals surface area contributed by atoms with Crippen LogP contribution in [0, 0.1) is 11.8 Å². The van der Waals surface area contributed by atoms with Gasteiger partial charge in [-0.25, -0.2) is 4.98 Å². The summed E-state index contributed by atoms with van der Waals surface area (Å²) in [4.78, 5) is 35.6. The molecule has 0 radical (unpaired) electrons. The van der Waals surface area contributed by atoms with Gasteiger partial charge in [-0.05, 0) is 24.3 Å². The summed E-state index contributed by atoms with van der Waals surface area (Å²) in [5, 5.41) is 3.43. The molecule has 7 heteroatoms. The molecule has 0 bridgehead atoms. The molecule has 7 nitrogen and oxygen atoms in total. The normalized spacial score (nSPS) is 22.2. The number of hydrogen-bond donors (Lipinski definition) is 1. The Kier molecular flexibility index (Phi) is 4.16. The summed E-state index contributed by atoms with van der Waals surface area (Å²) < 4.78 is 1.53. The average Bonchev–Trinajstić information content (AvgIpc) is 3.19. The van der Waals surface area contributed by atoms with Crippen LogP contribution in [0.3, 0.4) is 0 Å². The van der Waals surface area contributed by atoms with Crippen LogP contribution in [-0.2, 0) is 7.05 Å². The number of benzene rings is 1. The van der Waals surface area contributed by atoms with Crippen molar-refractivity contribution in [1.29, 1.82) is 0 Å². The molecule has 1 aliphatic heterocycles. The number of carbonyl (C=O) groups excluding carboxylic acids is 1. The highest BCUT2D eigenvalue weighted by atomic mass is 16.2. The summed E-state index contributed by atoms with van der Waals surface area (Å²) >= 11 is 0. The van der Waals surface area contributed by atoms with Gasteiger partial charge in [0.1, 0.15) is 0 Å². The number of pyridine rings is 1. The number of amides is 1. The highest BCUT2D eigenvalue weighted by molar-refractivity contribution is 5.94. The Labute approximate surface area is 168 Å². The zero-order chi connectivity index (χ0) is 20.0. The maximum atomic E-state index is 12.6. The second-order valence-electron chi connectivity index (χ2n) is 7.67. The fourth-order valence-electron chi connectivity index (χ4n) is 4.16. The lowest BCUT2D eigenvalue weighted by Gasteiger charge is -2.21. The third-order valence-electron chi connectivity index (χ3n) is 5.91. The summed E-state index contributed by atoms with van der Waals surface area (Å²) in [6.07, 6.45) is 3.37. The van der Waals surface area contributed by atoms with Crippen LogP contribution in [0.1, 0.15) is 10.4 Å². The van der Waals surface area contributed by atoms with Gasteiger partial charge in [-0.3, -0.25) is 19.1 Å². The lowest BCUT2D eigenvalue weighted by molar-refractivity contribution is 0.0774. The fourth-order valence-corrected chi connectivity index (χ4v) is 4.16. The van der Waals surface area contributed by atoms with E-state index in [1.165, 1.54) is 10.6 Å². The van der Waals surface area contributed by atoms with Gasteiger partial charge in [0.05, 0.1) is 5.69 Å². The van der Waals surface area contributed by atoms with Gasteiger partial charge < -0.3 is 10.2 Å². The summed E-state index contributed by atoms with van der Waals surface area (Å²) in [7, 11) is 1.72. The van der Waals surface area contributed by atoms with Crippen LogP contribution in [0.15, 0.2) is 65.7 Å². The summed E-state index contributed by atoms with van der Waals surface area (Å²) in [5.41, 5.74) is 2.11. The van der Waals surface area contributed by atoms with Crippen molar-refractivity contribution in [2.24, 2.45) is 18.9 Å². The van der Waals surface area contributed by atoms with Gasteiger partial charge in [0.15, 0.2) is 0 Å². The fraction of sp³-hybridized carbons (Fsp3) is 0.273. The number of nitrogens with zero attached hydrogens (tertiary/aromatic N) is 4. The van der Waals surface area contributed by atoms with E-state index in [4.69, 9.17) is 0 Å². The average molecular weight is 387 g/mol. The minimum atomic E-state index is -0.110. The summed E-state index contributed by atoms with van der Waals surface area (Å²) in [6.45, 7) is 1.46. The van der Waals surface area contributed by atoms with E-state index >= 15 is 0 Å². The predicted octanol–water partition coefficient (Wildman–Crippen LogP) is 2.02. The third-order valence-corrected chi connectivity index (χ3v) is 5.91. The van der Waals surface area contributed by atoms with Gasteiger partial charge >= 0.3 is 0 Å². The van der Waals surface area contributed by atoms with Gasteiger partial charge in [0.2, 0.25) is 5.95 Å². The smallest absolute Gasteiger partial charge is 0.255 e. The number of carbonyl (C=O) groups is 1. The van der Waals surface area contributed by atoms with Crippen LogP contribution in [0.2, 0.25) is 0 Å². The van der Waals surface area contributed by atoms with Gasteiger partial charge in [-0.2, -0.15) is 0 Å². The van der Waals surface area contributed by atoms with Gasteiger partial charge in [-0.15, -0.1) is 0 Å². The van der Waals surface area contributed by atoms with Gasteiger partial charge in [-0.1, -0.05) is 18.2 Å². The molecular formula is C22H21N5O2. The minimum absolute atomic E-state index is 0.0850. The molecule has 3 atom stereocenters. The first-order valence-corrected chi connectivity index (χ1v) is 9.71. The second-order valence-corrected chi connectivity index (χ2v) is 7.67. The highest BCUT2D eigenvalue weighted by Crippen LogP contribution is 2.47. The Hall–Kier alpha value is -3.48. The van der Waals surface area contributed by atoms with E-state index in [0.717, 1.165) is 24.2 Å². The van der Waals surface area contributed by atoms with Crippen molar-refractivity contribution in [3.63, 3.8) is 0 Å². The number of anilines is 1. The quantitative estimate of drug-likeness (QED) is 0.741. The minimum Gasteiger partial charge on any atom is -0.352 e. The van der Waals surface area contributed by atoms with Crippen molar-refractivity contribution in [3.8, 4) is 11.3 Å². The van der Waals surface area contributed by atoms with Crippen LogP contribution in [0.5, 0.6) is 0 Å². The van der Waals surface area contributed by atoms with Crippen LogP contribution >= 0.6 is 0 Å². The van der Waals surface area contributed by atoms with E-state index in [0.29, 0.717) is 23.5 Å². The van der Waals surface area contributed by atoms with E-state index in [1.54, 1.807) is 19.4 Å². The van der Waals surface area contributed by atoms with Gasteiger partial charge in [0.25, 0.3) is 11.5 Å². The predicted molar refractivity (Wildman–Crippen MR) is 109 cm³/mol. The number of nitrogens with one attached hydrogen (secondary N) is 1. The topological polar surface area (TPSA) is 80.1 Å². The molecule has 146 valence electrons. The molecule has 3 heterocycles. The number of rotatable bonds is 4. The van der Waals surface area contributed by atoms with E-state index < -0.39 is 0 Å². The Bertz CT molecular complexity index is 1100. The Morgan fingerprint density at radius 1 is 1.07 bits per heavy atom. The van der Waals surface area contributed by atoms with Crippen molar-refractivity contribution in [3.05, 3.63) is 76.8 Å². The molecular weight excluding hydrogens is 366 g/mol. The van der Waals surface area contributed by atoms with Crippen LogP contribution < -0.4 is 10.9 Å². The second kappa shape index (κ2) is 6.84. The monoisotopic (exact) mass is 387 g/mol. The molecule has 1 N–H and O–H groups in total. The molecule has 2 aliphatic rings. The summed E-state index contributed by atoms with van der Waals surface area (Å²) in [6, 6.07) is 14.8. The molecule has 5 rings (SSSR count). The molecule has 0 unspecified atom stereocenters. The van der Waals surface area contributed by atoms with Crippen molar-refractivity contribution in [2.45, 2.75) is 6.04 Å². The number of aromatic nitrogens is 3. The zero-order valence-corrected chi connectivity index (χ0v) is 16.0. The number of hydrogen-bond acceptors (Lipinski definition) is 5.